The van der Waals surface area contributed by atoms with Gasteiger partial charge < -0.3 is 10.0 Å². The fourth-order valence-electron chi connectivity index (χ4n) is 2.30. The lowest BCUT2D eigenvalue weighted by Crippen LogP contribution is -2.26. The predicted octanol–water partition coefficient (Wildman–Crippen LogP) is 1.56. The zero-order valence-corrected chi connectivity index (χ0v) is 13.9. The molecule has 1 aromatic rings. The standard InChI is InChI=1S/C13H22N2O3S2/c1-13(2,3)11-10(9-16)19-12(14-11)15-5-4-7-20(17,18)8-6-15/h16H,4-9H2,1-3H3. The van der Waals surface area contributed by atoms with Crippen molar-refractivity contribution >= 4 is 26.3 Å². The number of thiazole rings is 1. The first kappa shape index (κ1) is 15.7. The lowest BCUT2D eigenvalue weighted by Gasteiger charge is -2.19. The smallest absolute Gasteiger partial charge is 0.185 e. The highest BCUT2D eigenvalue weighted by Gasteiger charge is 2.26. The van der Waals surface area contributed by atoms with Crippen LogP contribution in [-0.4, -0.2) is 43.1 Å². The van der Waals surface area contributed by atoms with Gasteiger partial charge in [0.2, 0.25) is 0 Å². The Morgan fingerprint density at radius 2 is 2.00 bits per heavy atom. The maximum absolute atomic E-state index is 11.7. The summed E-state index contributed by atoms with van der Waals surface area (Å²) in [7, 11) is -2.91. The van der Waals surface area contributed by atoms with Gasteiger partial charge in [0.1, 0.15) is 0 Å². The van der Waals surface area contributed by atoms with E-state index in [-0.39, 0.29) is 23.5 Å². The van der Waals surface area contributed by atoms with Gasteiger partial charge >= 0.3 is 0 Å². The second-order valence-corrected chi connectivity index (χ2v) is 9.53. The maximum Gasteiger partial charge on any atom is 0.185 e. The number of nitrogens with zero attached hydrogens (tertiary/aromatic N) is 2. The van der Waals surface area contributed by atoms with Crippen LogP contribution in [0.15, 0.2) is 0 Å². The second kappa shape index (κ2) is 5.61. The van der Waals surface area contributed by atoms with E-state index in [4.69, 9.17) is 0 Å². The Morgan fingerprint density at radius 3 is 2.55 bits per heavy atom. The van der Waals surface area contributed by atoms with Gasteiger partial charge in [-0.15, -0.1) is 0 Å². The molecule has 0 radical (unpaired) electrons. The molecule has 2 rings (SSSR count). The Bertz CT molecular complexity index is 573. The van der Waals surface area contributed by atoms with Gasteiger partial charge in [-0.05, 0) is 6.42 Å². The van der Waals surface area contributed by atoms with Crippen LogP contribution in [0.3, 0.4) is 0 Å². The van der Waals surface area contributed by atoms with E-state index in [0.29, 0.717) is 19.5 Å². The molecule has 0 saturated carbocycles. The van der Waals surface area contributed by atoms with Crippen LogP contribution in [0.1, 0.15) is 37.8 Å². The molecule has 20 heavy (non-hydrogen) atoms. The predicted molar refractivity (Wildman–Crippen MR) is 82.2 cm³/mol. The Labute approximate surface area is 124 Å². The largest absolute Gasteiger partial charge is 0.391 e. The third kappa shape index (κ3) is 3.51. The van der Waals surface area contributed by atoms with Crippen LogP contribution in [0.4, 0.5) is 5.13 Å². The summed E-state index contributed by atoms with van der Waals surface area (Å²) >= 11 is 1.47. The van der Waals surface area contributed by atoms with Crippen molar-refractivity contribution in [1.29, 1.82) is 0 Å². The quantitative estimate of drug-likeness (QED) is 0.896. The summed E-state index contributed by atoms with van der Waals surface area (Å²) in [5.41, 5.74) is 0.789. The average Bonchev–Trinajstić information content (AvgIpc) is 2.69. The number of hydrogen-bond acceptors (Lipinski definition) is 6. The highest BCUT2D eigenvalue weighted by Crippen LogP contribution is 2.34. The van der Waals surface area contributed by atoms with E-state index in [0.717, 1.165) is 15.7 Å². The molecular formula is C13H22N2O3S2. The summed E-state index contributed by atoms with van der Waals surface area (Å²) in [5, 5.41) is 10.3. The lowest BCUT2D eigenvalue weighted by atomic mass is 9.91. The first-order valence-electron chi connectivity index (χ1n) is 6.79. The Hall–Kier alpha value is -0.660. The van der Waals surface area contributed by atoms with Crippen molar-refractivity contribution in [1.82, 2.24) is 4.98 Å². The molecule has 1 N–H and O–H groups in total. The van der Waals surface area contributed by atoms with Gasteiger partial charge in [0.25, 0.3) is 0 Å². The second-order valence-electron chi connectivity index (χ2n) is 6.17. The van der Waals surface area contributed by atoms with E-state index in [1.165, 1.54) is 11.3 Å². The third-order valence-electron chi connectivity index (χ3n) is 3.37. The molecule has 0 spiro atoms. The summed E-state index contributed by atoms with van der Waals surface area (Å²) in [5.74, 6) is 0.444. The maximum atomic E-state index is 11.7. The normalized spacial score (nSPS) is 19.9. The number of aliphatic hydroxyl groups is 1. The molecule has 0 aromatic carbocycles. The van der Waals surface area contributed by atoms with Gasteiger partial charge in [-0.2, -0.15) is 0 Å². The molecule has 1 aliphatic rings. The Morgan fingerprint density at radius 1 is 1.30 bits per heavy atom. The number of anilines is 1. The molecule has 0 bridgehead atoms. The van der Waals surface area contributed by atoms with Crippen molar-refractivity contribution in [2.24, 2.45) is 0 Å². The molecule has 1 fully saturated rings. The summed E-state index contributed by atoms with van der Waals surface area (Å²) in [4.78, 5) is 7.56. The molecule has 7 heteroatoms. The summed E-state index contributed by atoms with van der Waals surface area (Å²) in [6.07, 6.45) is 0.640. The minimum absolute atomic E-state index is 0.0175. The first-order valence-corrected chi connectivity index (χ1v) is 9.43. The molecule has 2 heterocycles. The van der Waals surface area contributed by atoms with Crippen LogP contribution < -0.4 is 4.90 Å². The topological polar surface area (TPSA) is 70.5 Å². The zero-order chi connectivity index (χ0) is 15.0. The minimum atomic E-state index is -2.91. The van der Waals surface area contributed by atoms with E-state index in [1.807, 2.05) is 4.90 Å². The van der Waals surface area contributed by atoms with Gasteiger partial charge in [0.05, 0.1) is 28.7 Å². The fourth-order valence-corrected chi connectivity index (χ4v) is 4.75. The van der Waals surface area contributed by atoms with Gasteiger partial charge in [0.15, 0.2) is 15.0 Å². The molecule has 0 unspecified atom stereocenters. The van der Waals surface area contributed by atoms with Crippen LogP contribution >= 0.6 is 11.3 Å². The number of sulfone groups is 1. The third-order valence-corrected chi connectivity index (χ3v) is 6.18. The molecular weight excluding hydrogens is 296 g/mol. The highest BCUT2D eigenvalue weighted by molar-refractivity contribution is 7.91. The average molecular weight is 318 g/mol. The summed E-state index contributed by atoms with van der Waals surface area (Å²) in [6, 6.07) is 0. The van der Waals surface area contributed by atoms with Crippen molar-refractivity contribution in [3.8, 4) is 0 Å². The zero-order valence-electron chi connectivity index (χ0n) is 12.2. The van der Waals surface area contributed by atoms with Crippen LogP contribution in [0.5, 0.6) is 0 Å². The van der Waals surface area contributed by atoms with E-state index in [9.17, 15) is 13.5 Å². The van der Waals surface area contributed by atoms with Gasteiger partial charge in [-0.3, -0.25) is 0 Å². The molecule has 1 aromatic heterocycles. The first-order chi connectivity index (χ1) is 9.23. The van der Waals surface area contributed by atoms with Crippen LogP contribution in [0, 0.1) is 0 Å². The number of aromatic nitrogens is 1. The molecule has 114 valence electrons. The van der Waals surface area contributed by atoms with Gasteiger partial charge in [-0.1, -0.05) is 32.1 Å². The van der Waals surface area contributed by atoms with Crippen molar-refractivity contribution in [2.45, 2.75) is 39.2 Å². The number of rotatable bonds is 2. The van der Waals surface area contributed by atoms with Gasteiger partial charge in [-0.25, -0.2) is 13.4 Å². The molecule has 5 nitrogen and oxygen atoms in total. The van der Waals surface area contributed by atoms with Crippen molar-refractivity contribution in [3.05, 3.63) is 10.6 Å². The molecule has 0 atom stereocenters. The molecule has 1 saturated heterocycles. The SMILES string of the molecule is CC(C)(C)c1nc(N2CCCS(=O)(=O)CC2)sc1CO. The van der Waals surface area contributed by atoms with Crippen molar-refractivity contribution < 1.29 is 13.5 Å². The van der Waals surface area contributed by atoms with E-state index in [1.54, 1.807) is 0 Å². The van der Waals surface area contributed by atoms with Crippen molar-refractivity contribution in [2.75, 3.05) is 29.5 Å². The summed E-state index contributed by atoms with van der Waals surface area (Å²) in [6.45, 7) is 7.38. The van der Waals surface area contributed by atoms with Gasteiger partial charge in [0, 0.05) is 18.5 Å². The lowest BCUT2D eigenvalue weighted by molar-refractivity contribution is 0.282. The van der Waals surface area contributed by atoms with Crippen LogP contribution in [-0.2, 0) is 21.9 Å². The van der Waals surface area contributed by atoms with Crippen LogP contribution in [0.25, 0.3) is 0 Å². The minimum Gasteiger partial charge on any atom is -0.391 e. The molecule has 1 aliphatic heterocycles. The van der Waals surface area contributed by atoms with Crippen LogP contribution in [0.2, 0.25) is 0 Å². The molecule has 0 amide bonds. The highest BCUT2D eigenvalue weighted by atomic mass is 32.2. The van der Waals surface area contributed by atoms with E-state index < -0.39 is 9.84 Å². The summed E-state index contributed by atoms with van der Waals surface area (Å²) < 4.78 is 23.3. The Kier molecular flexibility index (Phi) is 4.41. The van der Waals surface area contributed by atoms with E-state index in [2.05, 4.69) is 25.8 Å². The van der Waals surface area contributed by atoms with E-state index >= 15 is 0 Å². The van der Waals surface area contributed by atoms with Crippen molar-refractivity contribution in [3.63, 3.8) is 0 Å². The monoisotopic (exact) mass is 318 g/mol. The fraction of sp³-hybridized carbons (Fsp3) is 0.769. The Balaban J connectivity index is 2.27. The molecule has 0 aliphatic carbocycles. The number of aliphatic hydroxyl groups excluding tert-OH is 1. The number of hydrogen-bond donors (Lipinski definition) is 1.